The van der Waals surface area contributed by atoms with Crippen molar-refractivity contribution in [2.45, 2.75) is 115 Å². The van der Waals surface area contributed by atoms with Crippen LogP contribution in [-0.4, -0.2) is 103 Å². The van der Waals surface area contributed by atoms with E-state index in [4.69, 9.17) is 33.7 Å². The SMILES string of the molecule is C=CCOC12Oc3ccc(OCCN4CC4)cc3C3C(CCCCO)C(CCCCO)C=C(C(=NOCC)CC1N(Cc1ccc4c(c1)OCO4)C(=O)CCC1CCCC1)C32. The molecular weight excluding hydrogens is 775 g/mol. The highest BCUT2D eigenvalue weighted by atomic mass is 16.7. The molecule has 3 aliphatic heterocycles. The number of fused-ring (bicyclic) bond motifs is 3. The van der Waals surface area contributed by atoms with E-state index in [-0.39, 0.29) is 56.2 Å². The van der Waals surface area contributed by atoms with E-state index in [1.807, 2.05) is 42.2 Å². The third-order valence-corrected chi connectivity index (χ3v) is 13.9. The summed E-state index contributed by atoms with van der Waals surface area (Å²) in [6.07, 6.45) is 15.4. The van der Waals surface area contributed by atoms with Crippen LogP contribution in [0.4, 0.5) is 0 Å². The number of aliphatic hydroxyl groups excluding tert-OH is 2. The van der Waals surface area contributed by atoms with E-state index in [0.29, 0.717) is 56.4 Å². The lowest BCUT2D eigenvalue weighted by atomic mass is 9.55. The Balaban J connectivity index is 1.28. The molecule has 12 nitrogen and oxygen atoms in total. The van der Waals surface area contributed by atoms with Crippen molar-refractivity contribution >= 4 is 11.6 Å². The fraction of sp³-hybridized carbons (Fsp3) is 0.633. The van der Waals surface area contributed by atoms with Gasteiger partial charge in [-0.05, 0) is 98.2 Å². The van der Waals surface area contributed by atoms with Crippen LogP contribution in [0.2, 0.25) is 0 Å². The van der Waals surface area contributed by atoms with Gasteiger partial charge in [0.2, 0.25) is 18.5 Å². The maximum absolute atomic E-state index is 15.2. The van der Waals surface area contributed by atoms with Gasteiger partial charge in [0.25, 0.3) is 0 Å². The number of aliphatic hydroxyl groups is 2. The second-order valence-corrected chi connectivity index (χ2v) is 17.8. The standard InChI is InChI=1S/C49H67N3O9/c1-3-26-59-49-45(52(46(55)20-16-34-11-5-6-12-34)32-35-15-18-43-44(28-35)58-33-57-43)31-41(50-60-4-2)39-29-36(13-7-9-24-53)38(14-8-10-25-54)47(48(39)49)40-30-37(17-19-42(40)61-49)56-27-23-51-21-22-51/h3,15,17-19,28-30,34,36,38,45,47-48,53-54H,1,4-14,16,20-27,31-33H2,2H3. The quantitative estimate of drug-likeness (QED) is 0.0496. The van der Waals surface area contributed by atoms with Crippen molar-refractivity contribution in [1.82, 2.24) is 9.80 Å². The van der Waals surface area contributed by atoms with Crippen molar-refractivity contribution in [2.75, 3.05) is 59.5 Å². The van der Waals surface area contributed by atoms with Crippen molar-refractivity contribution < 1.29 is 43.5 Å². The molecule has 2 N–H and O–H groups in total. The number of carbonyl (C=O) groups excluding carboxylic acids is 1. The van der Waals surface area contributed by atoms with E-state index in [1.54, 1.807) is 6.08 Å². The summed E-state index contributed by atoms with van der Waals surface area (Å²) >= 11 is 0. The predicted octanol–water partition coefficient (Wildman–Crippen LogP) is 7.76. The highest BCUT2D eigenvalue weighted by Gasteiger charge is 2.65. The smallest absolute Gasteiger partial charge is 0.239 e. The van der Waals surface area contributed by atoms with Gasteiger partial charge in [-0.2, -0.15) is 0 Å². The number of benzene rings is 2. The van der Waals surface area contributed by atoms with Crippen molar-refractivity contribution in [3.05, 3.63) is 71.8 Å². The summed E-state index contributed by atoms with van der Waals surface area (Å²) in [4.78, 5) is 25.5. The molecule has 0 bridgehead atoms. The average Bonchev–Trinajstić information content (AvgIpc) is 3.71. The molecule has 6 atom stereocenters. The predicted molar refractivity (Wildman–Crippen MR) is 233 cm³/mol. The summed E-state index contributed by atoms with van der Waals surface area (Å²) in [5.74, 6) is 1.95. The molecule has 1 amide bonds. The number of oxime groups is 1. The summed E-state index contributed by atoms with van der Waals surface area (Å²) in [5.41, 5.74) is 3.82. The van der Waals surface area contributed by atoms with Crippen LogP contribution in [0.1, 0.15) is 107 Å². The fourth-order valence-electron chi connectivity index (χ4n) is 10.8. The Kier molecular flexibility index (Phi) is 14.6. The molecule has 3 aliphatic carbocycles. The van der Waals surface area contributed by atoms with Crippen molar-refractivity contribution in [2.24, 2.45) is 28.8 Å². The molecule has 0 spiro atoms. The number of unbranched alkanes of at least 4 members (excludes halogenated alkanes) is 2. The van der Waals surface area contributed by atoms with E-state index >= 15 is 4.79 Å². The number of nitrogens with zero attached hydrogens (tertiary/aromatic N) is 3. The summed E-state index contributed by atoms with van der Waals surface area (Å²) < 4.78 is 32.6. The van der Waals surface area contributed by atoms with Gasteiger partial charge in [-0.3, -0.25) is 9.69 Å². The molecule has 332 valence electrons. The zero-order valence-electron chi connectivity index (χ0n) is 36.1. The zero-order chi connectivity index (χ0) is 42.2. The number of rotatable bonds is 23. The summed E-state index contributed by atoms with van der Waals surface area (Å²) in [7, 11) is 0. The first-order chi connectivity index (χ1) is 30.0. The molecule has 6 aliphatic rings. The van der Waals surface area contributed by atoms with E-state index in [1.165, 1.54) is 12.8 Å². The van der Waals surface area contributed by atoms with Gasteiger partial charge in [0.05, 0.1) is 18.2 Å². The van der Waals surface area contributed by atoms with Crippen LogP contribution in [0.3, 0.4) is 0 Å². The van der Waals surface area contributed by atoms with Crippen LogP contribution >= 0.6 is 0 Å². The second-order valence-electron chi connectivity index (χ2n) is 17.8. The molecule has 61 heavy (non-hydrogen) atoms. The van der Waals surface area contributed by atoms with Crippen LogP contribution in [0.25, 0.3) is 0 Å². The Labute approximate surface area is 361 Å². The first-order valence-corrected chi connectivity index (χ1v) is 23.2. The van der Waals surface area contributed by atoms with Crippen LogP contribution < -0.4 is 18.9 Å². The van der Waals surface area contributed by atoms with Crippen molar-refractivity contribution in [3.63, 3.8) is 0 Å². The minimum Gasteiger partial charge on any atom is -0.492 e. The Bertz CT molecular complexity index is 1870. The lowest BCUT2D eigenvalue weighted by Gasteiger charge is -2.60. The van der Waals surface area contributed by atoms with Gasteiger partial charge in [0, 0.05) is 63.7 Å². The minimum absolute atomic E-state index is 0.0533. The second kappa shape index (κ2) is 20.4. The highest BCUT2D eigenvalue weighted by molar-refractivity contribution is 6.03. The molecule has 0 radical (unpaired) electrons. The largest absolute Gasteiger partial charge is 0.492 e. The van der Waals surface area contributed by atoms with Crippen molar-refractivity contribution in [3.8, 4) is 23.0 Å². The molecule has 3 fully saturated rings. The third kappa shape index (κ3) is 9.77. The number of amides is 1. The van der Waals surface area contributed by atoms with Crippen molar-refractivity contribution in [1.29, 1.82) is 0 Å². The van der Waals surface area contributed by atoms with Gasteiger partial charge < -0.3 is 43.6 Å². The number of ether oxygens (including phenoxy) is 5. The van der Waals surface area contributed by atoms with Gasteiger partial charge in [0.1, 0.15) is 30.8 Å². The maximum atomic E-state index is 15.2. The lowest BCUT2D eigenvalue weighted by molar-refractivity contribution is -0.258. The van der Waals surface area contributed by atoms with Gasteiger partial charge in [-0.15, -0.1) is 6.58 Å². The fourth-order valence-corrected chi connectivity index (χ4v) is 10.8. The van der Waals surface area contributed by atoms with Crippen LogP contribution in [0, 0.1) is 23.7 Å². The minimum atomic E-state index is -1.32. The Morgan fingerprint density at radius 1 is 1.00 bits per heavy atom. The first-order valence-electron chi connectivity index (χ1n) is 23.2. The van der Waals surface area contributed by atoms with Gasteiger partial charge in [-0.25, -0.2) is 0 Å². The maximum Gasteiger partial charge on any atom is 0.239 e. The molecule has 6 unspecified atom stereocenters. The molecule has 3 heterocycles. The molecule has 12 heteroatoms. The summed E-state index contributed by atoms with van der Waals surface area (Å²) in [6.45, 7) is 11.1. The number of carbonyl (C=O) groups is 1. The molecule has 8 rings (SSSR count). The Morgan fingerprint density at radius 3 is 2.56 bits per heavy atom. The molecule has 2 saturated carbocycles. The third-order valence-electron chi connectivity index (χ3n) is 13.9. The summed E-state index contributed by atoms with van der Waals surface area (Å²) in [5, 5.41) is 24.8. The molecule has 0 aromatic heterocycles. The van der Waals surface area contributed by atoms with Gasteiger partial charge >= 0.3 is 0 Å². The van der Waals surface area contributed by atoms with Crippen LogP contribution in [-0.2, 0) is 20.9 Å². The topological polar surface area (TPSA) is 132 Å². The summed E-state index contributed by atoms with van der Waals surface area (Å²) in [6, 6.07) is 11.5. The molecular formula is C49H67N3O9. The van der Waals surface area contributed by atoms with Gasteiger partial charge in [0.15, 0.2) is 11.5 Å². The monoisotopic (exact) mass is 841 g/mol. The first kappa shape index (κ1) is 43.5. The number of hydrogen-bond donors (Lipinski definition) is 2. The van der Waals surface area contributed by atoms with E-state index in [2.05, 4.69) is 23.6 Å². The van der Waals surface area contributed by atoms with Gasteiger partial charge in [-0.1, -0.05) is 61.9 Å². The zero-order valence-corrected chi connectivity index (χ0v) is 36.1. The number of allylic oxidation sites excluding steroid dienone is 1. The van der Waals surface area contributed by atoms with E-state index < -0.39 is 11.8 Å². The van der Waals surface area contributed by atoms with E-state index in [0.717, 1.165) is 105 Å². The highest BCUT2D eigenvalue weighted by Crippen LogP contribution is 2.62. The number of hydrogen-bond acceptors (Lipinski definition) is 11. The van der Waals surface area contributed by atoms with Crippen LogP contribution in [0.15, 0.2) is 65.9 Å². The van der Waals surface area contributed by atoms with E-state index in [9.17, 15) is 10.2 Å². The lowest BCUT2D eigenvalue weighted by Crippen LogP contribution is -2.70. The normalized spacial score (nSPS) is 26.9. The molecule has 1 saturated heterocycles. The molecule has 2 aromatic carbocycles. The van der Waals surface area contributed by atoms with Crippen LogP contribution in [0.5, 0.6) is 23.0 Å². The molecule has 2 aromatic rings. The Hall–Kier alpha value is -4.10. The average molecular weight is 842 g/mol. The Morgan fingerprint density at radius 2 is 1.79 bits per heavy atom.